The molecule has 0 aromatic heterocycles. The predicted molar refractivity (Wildman–Crippen MR) is 78.8 cm³/mol. The molecule has 1 aromatic rings. The molecule has 19 heavy (non-hydrogen) atoms. The van der Waals surface area contributed by atoms with Gasteiger partial charge in [0.2, 0.25) is 0 Å². The largest absolute Gasteiger partial charge is 0.359 e. The molecule has 0 saturated carbocycles. The fourth-order valence-electron chi connectivity index (χ4n) is 1.39. The minimum absolute atomic E-state index is 0.0134. The van der Waals surface area contributed by atoms with Gasteiger partial charge in [-0.05, 0) is 6.07 Å². The highest BCUT2D eigenvalue weighted by molar-refractivity contribution is 6.83. The Balaban J connectivity index is 2.89. The summed E-state index contributed by atoms with van der Waals surface area (Å²) >= 11 is 0. The van der Waals surface area contributed by atoms with E-state index >= 15 is 0 Å². The SMILES string of the molecule is COCOCC(=O)c1ccccc1C#C[Si](C)(C)C. The molecule has 0 amide bonds. The van der Waals surface area contributed by atoms with Crippen molar-refractivity contribution in [2.75, 3.05) is 20.5 Å². The fraction of sp³-hybridized carbons (Fsp3) is 0.400. The molecule has 0 radical (unpaired) electrons. The van der Waals surface area contributed by atoms with E-state index in [1.165, 1.54) is 7.11 Å². The summed E-state index contributed by atoms with van der Waals surface area (Å²) in [4.78, 5) is 12.0. The van der Waals surface area contributed by atoms with E-state index in [-0.39, 0.29) is 19.2 Å². The molecular formula is C15H20O3Si. The molecular weight excluding hydrogens is 256 g/mol. The van der Waals surface area contributed by atoms with E-state index in [4.69, 9.17) is 9.47 Å². The molecule has 0 N–H and O–H groups in total. The molecule has 102 valence electrons. The summed E-state index contributed by atoms with van der Waals surface area (Å²) < 4.78 is 9.84. The van der Waals surface area contributed by atoms with Gasteiger partial charge in [-0.1, -0.05) is 43.8 Å². The first-order valence-corrected chi connectivity index (χ1v) is 9.66. The van der Waals surface area contributed by atoms with Gasteiger partial charge in [0.25, 0.3) is 0 Å². The lowest BCUT2D eigenvalue weighted by molar-refractivity contribution is -0.0237. The maximum Gasteiger partial charge on any atom is 0.189 e. The third-order valence-electron chi connectivity index (χ3n) is 2.23. The molecule has 3 nitrogen and oxygen atoms in total. The highest BCUT2D eigenvalue weighted by Crippen LogP contribution is 2.09. The summed E-state index contributed by atoms with van der Waals surface area (Å²) in [6, 6.07) is 7.38. The normalized spacial score (nSPS) is 10.7. The molecule has 4 heteroatoms. The van der Waals surface area contributed by atoms with E-state index in [1.807, 2.05) is 18.2 Å². The molecule has 0 aliphatic carbocycles. The monoisotopic (exact) mass is 276 g/mol. The van der Waals surface area contributed by atoms with Crippen LogP contribution in [0.2, 0.25) is 19.6 Å². The molecule has 0 aliphatic heterocycles. The van der Waals surface area contributed by atoms with Crippen LogP contribution < -0.4 is 0 Å². The van der Waals surface area contributed by atoms with Crippen molar-refractivity contribution in [1.82, 2.24) is 0 Å². The number of Topliss-reactive ketones (excluding diaryl/α,β-unsaturated/α-hetero) is 1. The number of rotatable bonds is 5. The van der Waals surface area contributed by atoms with Crippen molar-refractivity contribution < 1.29 is 14.3 Å². The Morgan fingerprint density at radius 3 is 2.58 bits per heavy atom. The average molecular weight is 276 g/mol. The number of hydrogen-bond acceptors (Lipinski definition) is 3. The summed E-state index contributed by atoms with van der Waals surface area (Å²) in [5.41, 5.74) is 4.66. The minimum Gasteiger partial charge on any atom is -0.359 e. The number of ether oxygens (including phenoxy) is 2. The van der Waals surface area contributed by atoms with Crippen LogP contribution in [0.15, 0.2) is 24.3 Å². The fourth-order valence-corrected chi connectivity index (χ4v) is 1.90. The summed E-state index contributed by atoms with van der Waals surface area (Å²) in [5, 5.41) is 0. The zero-order valence-electron chi connectivity index (χ0n) is 11.9. The van der Waals surface area contributed by atoms with Crippen LogP contribution >= 0.6 is 0 Å². The zero-order valence-corrected chi connectivity index (χ0v) is 12.9. The Kier molecular flexibility index (Phi) is 5.96. The number of carbonyl (C=O) groups excluding carboxylic acids is 1. The molecule has 0 fully saturated rings. The van der Waals surface area contributed by atoms with Crippen molar-refractivity contribution in [3.8, 4) is 11.5 Å². The second-order valence-corrected chi connectivity index (χ2v) is 9.97. The second-order valence-electron chi connectivity index (χ2n) is 5.22. The van der Waals surface area contributed by atoms with Crippen molar-refractivity contribution >= 4 is 13.9 Å². The Morgan fingerprint density at radius 1 is 1.26 bits per heavy atom. The van der Waals surface area contributed by atoms with Crippen LogP contribution in [-0.2, 0) is 9.47 Å². The van der Waals surface area contributed by atoms with Crippen molar-refractivity contribution in [2.45, 2.75) is 19.6 Å². The summed E-state index contributed by atoms with van der Waals surface area (Å²) in [6.45, 7) is 6.65. The number of carbonyl (C=O) groups is 1. The van der Waals surface area contributed by atoms with E-state index in [1.54, 1.807) is 6.07 Å². The van der Waals surface area contributed by atoms with Gasteiger partial charge in [-0.15, -0.1) is 5.54 Å². The van der Waals surface area contributed by atoms with Gasteiger partial charge in [0.1, 0.15) is 21.5 Å². The quantitative estimate of drug-likeness (QED) is 0.273. The van der Waals surface area contributed by atoms with Crippen molar-refractivity contribution in [3.63, 3.8) is 0 Å². The van der Waals surface area contributed by atoms with Gasteiger partial charge in [0.15, 0.2) is 5.78 Å². The molecule has 0 saturated heterocycles. The Hall–Kier alpha value is -1.41. The first-order chi connectivity index (χ1) is 8.94. The lowest BCUT2D eigenvalue weighted by Crippen LogP contribution is -2.17. The standard InChI is InChI=1S/C15H20O3Si/c1-17-12-18-11-15(16)14-8-6-5-7-13(14)9-10-19(2,3)4/h5-8H,11-12H2,1-4H3. The Labute approximate surface area is 115 Å². The van der Waals surface area contributed by atoms with Gasteiger partial charge in [0.05, 0.1) is 0 Å². The highest BCUT2D eigenvalue weighted by Gasteiger charge is 2.11. The van der Waals surface area contributed by atoms with Crippen LogP contribution in [0.25, 0.3) is 0 Å². The van der Waals surface area contributed by atoms with E-state index < -0.39 is 8.07 Å². The predicted octanol–water partition coefficient (Wildman–Crippen LogP) is 2.72. The molecule has 1 aromatic carbocycles. The van der Waals surface area contributed by atoms with Crippen LogP contribution in [0.4, 0.5) is 0 Å². The van der Waals surface area contributed by atoms with Crippen molar-refractivity contribution in [2.24, 2.45) is 0 Å². The zero-order chi connectivity index (χ0) is 14.3. The Morgan fingerprint density at radius 2 is 1.95 bits per heavy atom. The van der Waals surface area contributed by atoms with Crippen molar-refractivity contribution in [3.05, 3.63) is 35.4 Å². The molecule has 0 atom stereocenters. The third kappa shape index (κ3) is 5.84. The average Bonchev–Trinajstić information content (AvgIpc) is 2.36. The number of ketones is 1. The summed E-state index contributed by atoms with van der Waals surface area (Å²) in [6.07, 6.45) is 0. The summed E-state index contributed by atoms with van der Waals surface area (Å²) in [5.74, 6) is 3.06. The second kappa shape index (κ2) is 7.24. The molecule has 0 unspecified atom stereocenters. The molecule has 0 bridgehead atoms. The van der Waals surface area contributed by atoms with Gasteiger partial charge in [-0.2, -0.15) is 0 Å². The Bertz CT molecular complexity index is 492. The van der Waals surface area contributed by atoms with Crippen LogP contribution in [0.5, 0.6) is 0 Å². The molecule has 0 spiro atoms. The lowest BCUT2D eigenvalue weighted by atomic mass is 10.0. The van der Waals surface area contributed by atoms with E-state index in [9.17, 15) is 4.79 Å². The van der Waals surface area contributed by atoms with E-state index in [0.717, 1.165) is 5.56 Å². The van der Waals surface area contributed by atoms with Crippen molar-refractivity contribution in [1.29, 1.82) is 0 Å². The first kappa shape index (κ1) is 15.6. The van der Waals surface area contributed by atoms with E-state index in [2.05, 4.69) is 31.1 Å². The number of benzene rings is 1. The molecule has 0 aliphatic rings. The minimum atomic E-state index is -1.45. The van der Waals surface area contributed by atoms with Crippen LogP contribution in [-0.4, -0.2) is 34.4 Å². The van der Waals surface area contributed by atoms with Gasteiger partial charge >= 0.3 is 0 Å². The smallest absolute Gasteiger partial charge is 0.189 e. The highest BCUT2D eigenvalue weighted by atomic mass is 28.3. The maximum absolute atomic E-state index is 12.0. The number of methoxy groups -OCH3 is 1. The van der Waals surface area contributed by atoms with Gasteiger partial charge < -0.3 is 9.47 Å². The summed E-state index contributed by atoms with van der Waals surface area (Å²) in [7, 11) is 0.0731. The molecule has 1 rings (SSSR count). The van der Waals surface area contributed by atoms with Crippen LogP contribution in [0, 0.1) is 11.5 Å². The van der Waals surface area contributed by atoms with Gasteiger partial charge in [0, 0.05) is 18.2 Å². The topological polar surface area (TPSA) is 35.5 Å². The van der Waals surface area contributed by atoms with E-state index in [0.29, 0.717) is 5.56 Å². The first-order valence-electron chi connectivity index (χ1n) is 6.16. The lowest BCUT2D eigenvalue weighted by Gasteiger charge is -2.06. The van der Waals surface area contributed by atoms with Gasteiger partial charge in [-0.3, -0.25) is 4.79 Å². The third-order valence-corrected chi connectivity index (χ3v) is 3.11. The molecule has 0 heterocycles. The maximum atomic E-state index is 12.0. The number of hydrogen-bond donors (Lipinski definition) is 0. The van der Waals surface area contributed by atoms with Crippen LogP contribution in [0.3, 0.4) is 0 Å². The van der Waals surface area contributed by atoms with Crippen LogP contribution in [0.1, 0.15) is 15.9 Å². The van der Waals surface area contributed by atoms with Gasteiger partial charge in [-0.25, -0.2) is 0 Å².